The summed E-state index contributed by atoms with van der Waals surface area (Å²) in [6, 6.07) is 0.545. The standard InChI is InChI=1S/C19H32N2O2/c1-18(7-5-4-6-8-18)17(22)21-11-9-19(10-12-21)13-16(14-23-3)20(2)15-19/h4-5,16H,6-15H2,1-3H3. The predicted octanol–water partition coefficient (Wildman–Crippen LogP) is 2.69. The third-order valence-electron chi connectivity index (χ3n) is 6.46. The smallest absolute Gasteiger partial charge is 0.228 e. The molecule has 0 aromatic heterocycles. The van der Waals surface area contributed by atoms with Crippen molar-refractivity contribution in [3.63, 3.8) is 0 Å². The Morgan fingerprint density at radius 1 is 1.26 bits per heavy atom. The number of hydrogen-bond acceptors (Lipinski definition) is 3. The molecule has 3 aliphatic rings. The van der Waals surface area contributed by atoms with Crippen molar-refractivity contribution in [3.8, 4) is 0 Å². The van der Waals surface area contributed by atoms with Gasteiger partial charge in [-0.1, -0.05) is 19.1 Å². The lowest BCUT2D eigenvalue weighted by Crippen LogP contribution is -2.49. The Morgan fingerprint density at radius 3 is 2.61 bits per heavy atom. The van der Waals surface area contributed by atoms with Gasteiger partial charge < -0.3 is 14.5 Å². The first-order valence-corrected chi connectivity index (χ1v) is 9.12. The Kier molecular flexibility index (Phi) is 4.84. The van der Waals surface area contributed by atoms with E-state index in [2.05, 4.69) is 35.9 Å². The first kappa shape index (κ1) is 17.0. The van der Waals surface area contributed by atoms with Crippen molar-refractivity contribution in [1.29, 1.82) is 0 Å². The van der Waals surface area contributed by atoms with Gasteiger partial charge in [-0.25, -0.2) is 0 Å². The lowest BCUT2D eigenvalue weighted by atomic mass is 9.74. The maximum absolute atomic E-state index is 13.0. The number of ether oxygens (including phenoxy) is 1. The second-order valence-corrected chi connectivity index (χ2v) is 8.30. The van der Waals surface area contributed by atoms with E-state index in [4.69, 9.17) is 4.74 Å². The average molecular weight is 320 g/mol. The Labute approximate surface area is 140 Å². The van der Waals surface area contributed by atoms with E-state index in [0.29, 0.717) is 17.4 Å². The highest BCUT2D eigenvalue weighted by atomic mass is 16.5. The summed E-state index contributed by atoms with van der Waals surface area (Å²) in [5.74, 6) is 0.386. The van der Waals surface area contributed by atoms with Crippen molar-refractivity contribution in [2.24, 2.45) is 10.8 Å². The highest BCUT2D eigenvalue weighted by Crippen LogP contribution is 2.44. The van der Waals surface area contributed by atoms with Gasteiger partial charge in [-0.3, -0.25) is 4.79 Å². The van der Waals surface area contributed by atoms with Crippen LogP contribution >= 0.6 is 0 Å². The number of likely N-dealkylation sites (tertiary alicyclic amines) is 2. The number of methoxy groups -OCH3 is 1. The molecule has 2 unspecified atom stereocenters. The van der Waals surface area contributed by atoms with Gasteiger partial charge in [0.1, 0.15) is 0 Å². The van der Waals surface area contributed by atoms with Crippen molar-refractivity contribution in [2.75, 3.05) is 40.4 Å². The maximum atomic E-state index is 13.0. The van der Waals surface area contributed by atoms with Crippen molar-refractivity contribution < 1.29 is 9.53 Å². The zero-order valence-electron chi connectivity index (χ0n) is 15.0. The van der Waals surface area contributed by atoms with Gasteiger partial charge in [0.05, 0.1) is 12.0 Å². The van der Waals surface area contributed by atoms with Crippen molar-refractivity contribution >= 4 is 5.91 Å². The quantitative estimate of drug-likeness (QED) is 0.750. The van der Waals surface area contributed by atoms with E-state index in [-0.39, 0.29) is 5.41 Å². The van der Waals surface area contributed by atoms with Crippen LogP contribution in [0.15, 0.2) is 12.2 Å². The molecular weight excluding hydrogens is 288 g/mol. The molecule has 1 amide bonds. The summed E-state index contributed by atoms with van der Waals surface area (Å²) in [5.41, 5.74) is 0.242. The van der Waals surface area contributed by atoms with Crippen molar-refractivity contribution in [1.82, 2.24) is 9.80 Å². The van der Waals surface area contributed by atoms with Gasteiger partial charge in [-0.2, -0.15) is 0 Å². The van der Waals surface area contributed by atoms with E-state index in [1.807, 2.05) is 0 Å². The van der Waals surface area contributed by atoms with Gasteiger partial charge in [0, 0.05) is 32.8 Å². The molecule has 4 nitrogen and oxygen atoms in total. The van der Waals surface area contributed by atoms with Crippen LogP contribution in [0.5, 0.6) is 0 Å². The van der Waals surface area contributed by atoms with Crippen LogP contribution in [-0.4, -0.2) is 62.1 Å². The van der Waals surface area contributed by atoms with Crippen LogP contribution in [0.25, 0.3) is 0 Å². The first-order valence-electron chi connectivity index (χ1n) is 9.12. The third-order valence-corrected chi connectivity index (χ3v) is 6.46. The Hall–Kier alpha value is -0.870. The number of carbonyl (C=O) groups is 1. The fourth-order valence-corrected chi connectivity index (χ4v) is 4.84. The number of hydrogen-bond donors (Lipinski definition) is 0. The molecular formula is C19H32N2O2. The molecule has 0 bridgehead atoms. The average Bonchev–Trinajstić information content (AvgIpc) is 2.84. The number of carbonyl (C=O) groups excluding carboxylic acids is 1. The molecule has 1 aliphatic carbocycles. The molecule has 2 aliphatic heterocycles. The SMILES string of the molecule is COCC1CC2(CCN(C(=O)C3(C)CC=CCC3)CC2)CN1C. The minimum Gasteiger partial charge on any atom is -0.383 e. The highest BCUT2D eigenvalue weighted by molar-refractivity contribution is 5.82. The Balaban J connectivity index is 1.58. The number of allylic oxidation sites excluding steroid dienone is 2. The molecule has 0 N–H and O–H groups in total. The summed E-state index contributed by atoms with van der Waals surface area (Å²) in [7, 11) is 4.00. The fraction of sp³-hybridized carbons (Fsp3) is 0.842. The minimum absolute atomic E-state index is 0.162. The summed E-state index contributed by atoms with van der Waals surface area (Å²) in [4.78, 5) is 17.6. The molecule has 23 heavy (non-hydrogen) atoms. The van der Waals surface area contributed by atoms with E-state index in [1.165, 1.54) is 6.42 Å². The molecule has 4 heteroatoms. The lowest BCUT2D eigenvalue weighted by molar-refractivity contribution is -0.144. The molecule has 0 aromatic rings. The Bertz CT molecular complexity index is 468. The van der Waals surface area contributed by atoms with Gasteiger partial charge in [-0.05, 0) is 51.0 Å². The second-order valence-electron chi connectivity index (χ2n) is 8.30. The molecule has 1 spiro atoms. The van der Waals surface area contributed by atoms with E-state index >= 15 is 0 Å². The van der Waals surface area contributed by atoms with Crippen LogP contribution < -0.4 is 0 Å². The molecule has 130 valence electrons. The monoisotopic (exact) mass is 320 g/mol. The van der Waals surface area contributed by atoms with Crippen LogP contribution in [0.2, 0.25) is 0 Å². The van der Waals surface area contributed by atoms with Gasteiger partial charge in [0.2, 0.25) is 5.91 Å². The molecule has 2 saturated heterocycles. The van der Waals surface area contributed by atoms with Gasteiger partial charge in [0.15, 0.2) is 0 Å². The number of rotatable bonds is 3. The topological polar surface area (TPSA) is 32.8 Å². The molecule has 2 atom stereocenters. The summed E-state index contributed by atoms with van der Waals surface area (Å²) in [6.07, 6.45) is 10.9. The lowest BCUT2D eigenvalue weighted by Gasteiger charge is -2.43. The van der Waals surface area contributed by atoms with Crippen LogP contribution in [0, 0.1) is 10.8 Å². The molecule has 0 saturated carbocycles. The van der Waals surface area contributed by atoms with Crippen LogP contribution in [-0.2, 0) is 9.53 Å². The molecule has 0 aromatic carbocycles. The first-order chi connectivity index (χ1) is 11.0. The highest BCUT2D eigenvalue weighted by Gasteiger charge is 2.46. The molecule has 0 radical (unpaired) electrons. The maximum Gasteiger partial charge on any atom is 0.228 e. The zero-order valence-corrected chi connectivity index (χ0v) is 15.0. The van der Waals surface area contributed by atoms with E-state index in [9.17, 15) is 4.79 Å². The summed E-state index contributed by atoms with van der Waals surface area (Å²) in [5, 5.41) is 0. The van der Waals surface area contributed by atoms with Gasteiger partial charge in [-0.15, -0.1) is 0 Å². The van der Waals surface area contributed by atoms with E-state index < -0.39 is 0 Å². The number of piperidine rings is 1. The third kappa shape index (κ3) is 3.34. The van der Waals surface area contributed by atoms with Crippen molar-refractivity contribution in [3.05, 3.63) is 12.2 Å². The van der Waals surface area contributed by atoms with Crippen LogP contribution in [0.1, 0.15) is 45.4 Å². The van der Waals surface area contributed by atoms with E-state index in [0.717, 1.165) is 58.3 Å². The van der Waals surface area contributed by atoms with Crippen molar-refractivity contribution in [2.45, 2.75) is 51.5 Å². The van der Waals surface area contributed by atoms with Crippen LogP contribution in [0.4, 0.5) is 0 Å². The molecule has 2 fully saturated rings. The summed E-state index contributed by atoms with van der Waals surface area (Å²) in [6.45, 7) is 6.01. The Morgan fingerprint density at radius 2 is 2.00 bits per heavy atom. The molecule has 3 rings (SSSR count). The largest absolute Gasteiger partial charge is 0.383 e. The van der Waals surface area contributed by atoms with Crippen LogP contribution in [0.3, 0.4) is 0 Å². The number of nitrogens with zero attached hydrogens (tertiary/aromatic N) is 2. The minimum atomic E-state index is -0.162. The van der Waals surface area contributed by atoms with Gasteiger partial charge in [0.25, 0.3) is 0 Å². The molecule has 2 heterocycles. The summed E-state index contributed by atoms with van der Waals surface area (Å²) < 4.78 is 5.37. The van der Waals surface area contributed by atoms with Gasteiger partial charge >= 0.3 is 0 Å². The fourth-order valence-electron chi connectivity index (χ4n) is 4.84. The second kappa shape index (κ2) is 6.56. The normalized spacial score (nSPS) is 34.2. The van der Waals surface area contributed by atoms with E-state index in [1.54, 1.807) is 7.11 Å². The predicted molar refractivity (Wildman–Crippen MR) is 92.3 cm³/mol. The zero-order chi connectivity index (χ0) is 16.5. The number of likely N-dealkylation sites (N-methyl/N-ethyl adjacent to an activating group) is 1. The summed E-state index contributed by atoms with van der Waals surface area (Å²) >= 11 is 0. The number of amides is 1.